The van der Waals surface area contributed by atoms with Crippen molar-refractivity contribution in [3.8, 4) is 0 Å². The zero-order valence-corrected chi connectivity index (χ0v) is 18.0. The van der Waals surface area contributed by atoms with Gasteiger partial charge in [0, 0.05) is 30.7 Å². The first-order valence-corrected chi connectivity index (χ1v) is 11.4. The maximum absolute atomic E-state index is 11.3. The molecule has 1 aromatic carbocycles. The topological polar surface area (TPSA) is 48.4 Å². The Kier molecular flexibility index (Phi) is 6.98. The standard InChI is InChI=1S/C26H35N3O/c1-3-4-5-8-13-27-17-19(2)23-18-29-15-12-20(23)16-25(29)26(30)22-11-14-28-24-10-7-6-9-21(22)24/h3,6-7,9-11,14,20,23,25-27,30H,1-2,4-5,8,12-13,15-18H2/t20?,23?,25?,26-/m1/s1. The van der Waals surface area contributed by atoms with Gasteiger partial charge in [0.15, 0.2) is 0 Å². The van der Waals surface area contributed by atoms with Crippen LogP contribution in [0.15, 0.2) is 61.3 Å². The molecule has 3 aliphatic heterocycles. The summed E-state index contributed by atoms with van der Waals surface area (Å²) in [6.45, 7) is 12.3. The van der Waals surface area contributed by atoms with Crippen LogP contribution in [0.3, 0.4) is 0 Å². The Morgan fingerprint density at radius 1 is 1.30 bits per heavy atom. The highest BCUT2D eigenvalue weighted by molar-refractivity contribution is 5.82. The molecule has 3 saturated heterocycles. The van der Waals surface area contributed by atoms with Crippen LogP contribution >= 0.6 is 0 Å². The second-order valence-electron chi connectivity index (χ2n) is 8.93. The lowest BCUT2D eigenvalue weighted by Gasteiger charge is -2.52. The number of nitrogens with zero attached hydrogens (tertiary/aromatic N) is 2. The van der Waals surface area contributed by atoms with Crippen LogP contribution in [0.1, 0.15) is 43.8 Å². The smallest absolute Gasteiger partial charge is 0.0952 e. The number of hydrogen-bond acceptors (Lipinski definition) is 4. The quantitative estimate of drug-likeness (QED) is 0.452. The van der Waals surface area contributed by atoms with Crippen molar-refractivity contribution in [2.24, 2.45) is 11.8 Å². The van der Waals surface area contributed by atoms with E-state index in [-0.39, 0.29) is 6.04 Å². The van der Waals surface area contributed by atoms with Gasteiger partial charge in [0.2, 0.25) is 0 Å². The van der Waals surface area contributed by atoms with E-state index in [1.165, 1.54) is 24.8 Å². The van der Waals surface area contributed by atoms with Gasteiger partial charge in [-0.3, -0.25) is 9.88 Å². The van der Waals surface area contributed by atoms with E-state index in [1.807, 2.05) is 36.5 Å². The lowest BCUT2D eigenvalue weighted by Crippen LogP contribution is -2.56. The summed E-state index contributed by atoms with van der Waals surface area (Å²) >= 11 is 0. The summed E-state index contributed by atoms with van der Waals surface area (Å²) in [6, 6.07) is 10.3. The number of aliphatic hydroxyl groups excluding tert-OH is 1. The molecule has 0 aliphatic carbocycles. The molecule has 4 heterocycles. The number of hydrogen-bond donors (Lipinski definition) is 2. The highest BCUT2D eigenvalue weighted by Crippen LogP contribution is 2.43. The van der Waals surface area contributed by atoms with Gasteiger partial charge in [0.05, 0.1) is 11.6 Å². The average Bonchev–Trinajstić information content (AvgIpc) is 2.80. The number of aliphatic hydroxyl groups is 1. The van der Waals surface area contributed by atoms with E-state index < -0.39 is 6.10 Å². The fraction of sp³-hybridized carbons (Fsp3) is 0.500. The number of rotatable bonds is 10. The first-order chi connectivity index (χ1) is 14.7. The summed E-state index contributed by atoms with van der Waals surface area (Å²) in [5.74, 6) is 1.16. The van der Waals surface area contributed by atoms with Gasteiger partial charge in [-0.05, 0) is 74.7 Å². The Labute approximate surface area is 180 Å². The van der Waals surface area contributed by atoms with Gasteiger partial charge < -0.3 is 10.4 Å². The van der Waals surface area contributed by atoms with E-state index >= 15 is 0 Å². The molecule has 4 unspecified atom stereocenters. The molecule has 5 rings (SSSR count). The minimum Gasteiger partial charge on any atom is -0.387 e. The molecular weight excluding hydrogens is 370 g/mol. The molecular formula is C26H35N3O. The maximum atomic E-state index is 11.3. The van der Waals surface area contributed by atoms with Gasteiger partial charge in [0.1, 0.15) is 0 Å². The molecule has 4 heteroatoms. The van der Waals surface area contributed by atoms with Crippen LogP contribution in [0.4, 0.5) is 0 Å². The molecule has 0 radical (unpaired) electrons. The number of benzene rings is 1. The van der Waals surface area contributed by atoms with Gasteiger partial charge >= 0.3 is 0 Å². The lowest BCUT2D eigenvalue weighted by molar-refractivity contribution is -0.0472. The summed E-state index contributed by atoms with van der Waals surface area (Å²) in [6.07, 6.45) is 9.08. The fourth-order valence-electron chi connectivity index (χ4n) is 5.36. The first-order valence-electron chi connectivity index (χ1n) is 11.4. The third-order valence-corrected chi connectivity index (χ3v) is 7.05. The van der Waals surface area contributed by atoms with Crippen molar-refractivity contribution < 1.29 is 5.11 Å². The van der Waals surface area contributed by atoms with Gasteiger partial charge in [-0.25, -0.2) is 0 Å². The molecule has 0 spiro atoms. The molecule has 0 amide bonds. The monoisotopic (exact) mass is 405 g/mol. The summed E-state index contributed by atoms with van der Waals surface area (Å²) in [5.41, 5.74) is 3.29. The van der Waals surface area contributed by atoms with Crippen molar-refractivity contribution in [2.75, 3.05) is 26.2 Å². The molecule has 0 saturated carbocycles. The van der Waals surface area contributed by atoms with Crippen LogP contribution in [-0.2, 0) is 0 Å². The predicted octanol–water partition coefficient (Wildman–Crippen LogP) is 4.48. The van der Waals surface area contributed by atoms with E-state index in [9.17, 15) is 5.11 Å². The largest absolute Gasteiger partial charge is 0.387 e. The predicted molar refractivity (Wildman–Crippen MR) is 124 cm³/mol. The Hall–Kier alpha value is -2.01. The third kappa shape index (κ3) is 4.51. The van der Waals surface area contributed by atoms with E-state index in [0.29, 0.717) is 11.8 Å². The molecule has 2 N–H and O–H groups in total. The number of allylic oxidation sites excluding steroid dienone is 1. The molecule has 3 fully saturated rings. The van der Waals surface area contributed by atoms with Crippen LogP contribution in [0.5, 0.6) is 0 Å². The normalized spacial score (nSPS) is 26.6. The van der Waals surface area contributed by atoms with Crippen molar-refractivity contribution in [3.63, 3.8) is 0 Å². The zero-order chi connectivity index (χ0) is 20.9. The van der Waals surface area contributed by atoms with Gasteiger partial charge in [-0.2, -0.15) is 0 Å². The Balaban J connectivity index is 1.37. The molecule has 4 nitrogen and oxygen atoms in total. The molecule has 1 aromatic heterocycles. The van der Waals surface area contributed by atoms with Crippen molar-refractivity contribution in [3.05, 3.63) is 66.9 Å². The van der Waals surface area contributed by atoms with Crippen molar-refractivity contribution in [1.82, 2.24) is 15.2 Å². The number of pyridine rings is 1. The summed E-state index contributed by atoms with van der Waals surface area (Å²) in [7, 11) is 0. The average molecular weight is 406 g/mol. The van der Waals surface area contributed by atoms with Crippen molar-refractivity contribution in [1.29, 1.82) is 0 Å². The second kappa shape index (κ2) is 9.86. The summed E-state index contributed by atoms with van der Waals surface area (Å²) in [5, 5.41) is 16.0. The second-order valence-corrected chi connectivity index (χ2v) is 8.93. The molecule has 2 bridgehead atoms. The van der Waals surface area contributed by atoms with Gasteiger partial charge in [0.25, 0.3) is 0 Å². The van der Waals surface area contributed by atoms with E-state index in [2.05, 4.69) is 34.4 Å². The number of nitrogens with one attached hydrogen (secondary N) is 1. The summed E-state index contributed by atoms with van der Waals surface area (Å²) in [4.78, 5) is 6.96. The van der Waals surface area contributed by atoms with Crippen LogP contribution in [0, 0.1) is 11.8 Å². The van der Waals surface area contributed by atoms with Crippen molar-refractivity contribution in [2.45, 2.75) is 44.2 Å². The maximum Gasteiger partial charge on any atom is 0.0952 e. The Morgan fingerprint density at radius 3 is 2.97 bits per heavy atom. The molecule has 3 aliphatic rings. The van der Waals surface area contributed by atoms with Gasteiger partial charge in [-0.1, -0.05) is 36.4 Å². The Morgan fingerprint density at radius 2 is 2.17 bits per heavy atom. The van der Waals surface area contributed by atoms with Gasteiger partial charge in [-0.15, -0.1) is 6.58 Å². The highest BCUT2D eigenvalue weighted by Gasteiger charge is 2.43. The summed E-state index contributed by atoms with van der Waals surface area (Å²) < 4.78 is 0. The van der Waals surface area contributed by atoms with Crippen molar-refractivity contribution >= 4 is 10.9 Å². The minimum atomic E-state index is -0.474. The number of para-hydroxylation sites is 1. The van der Waals surface area contributed by atoms with E-state index in [1.54, 1.807) is 0 Å². The number of unbranched alkanes of at least 4 members (excludes halogenated alkanes) is 2. The van der Waals surface area contributed by atoms with Crippen LogP contribution < -0.4 is 5.32 Å². The van der Waals surface area contributed by atoms with E-state index in [0.717, 1.165) is 55.5 Å². The van der Waals surface area contributed by atoms with Crippen LogP contribution in [0.2, 0.25) is 0 Å². The third-order valence-electron chi connectivity index (χ3n) is 7.05. The fourth-order valence-corrected chi connectivity index (χ4v) is 5.36. The zero-order valence-electron chi connectivity index (χ0n) is 18.0. The molecule has 2 aromatic rings. The van der Waals surface area contributed by atoms with Crippen LogP contribution in [0.25, 0.3) is 10.9 Å². The molecule has 160 valence electrons. The minimum absolute atomic E-state index is 0.186. The Bertz CT molecular complexity index is 874. The highest BCUT2D eigenvalue weighted by atomic mass is 16.3. The van der Waals surface area contributed by atoms with Crippen LogP contribution in [-0.4, -0.2) is 47.2 Å². The van der Waals surface area contributed by atoms with E-state index in [4.69, 9.17) is 0 Å². The molecule has 5 atom stereocenters. The first kappa shape index (κ1) is 21.2. The number of aromatic nitrogens is 1. The number of fused-ring (bicyclic) bond motifs is 4. The number of piperidine rings is 3. The lowest BCUT2D eigenvalue weighted by atomic mass is 9.71. The SMILES string of the molecule is C=CCCCCNCC(=C)C1CN2CCC1CC2[C@H](O)c1ccnc2ccccc12. The molecule has 30 heavy (non-hydrogen) atoms.